The molecule has 2 aromatic rings. The lowest BCUT2D eigenvalue weighted by Crippen LogP contribution is -2.38. The van der Waals surface area contributed by atoms with Crippen molar-refractivity contribution in [1.82, 2.24) is 5.32 Å². The fraction of sp³-hybridized carbons (Fsp3) is 0.364. The normalized spacial score (nSPS) is 10.5. The van der Waals surface area contributed by atoms with E-state index in [1.54, 1.807) is 11.0 Å². The topological polar surface area (TPSA) is 52.6 Å². The summed E-state index contributed by atoms with van der Waals surface area (Å²) in [5.74, 6) is -1.17. The second-order valence-electron chi connectivity index (χ2n) is 6.55. The average molecular weight is 385 g/mol. The van der Waals surface area contributed by atoms with Crippen molar-refractivity contribution in [3.05, 3.63) is 59.4 Å². The number of rotatable bonds is 8. The van der Waals surface area contributed by atoms with Gasteiger partial charge in [-0.2, -0.15) is 0 Å². The minimum atomic E-state index is -0.564. The molecule has 0 bridgehead atoms. The van der Waals surface area contributed by atoms with Crippen LogP contribution in [-0.4, -0.2) is 38.0 Å². The molecule has 0 aromatic heterocycles. The number of hydrogen-bond donors (Lipinski definition) is 1. The van der Waals surface area contributed by atoms with E-state index in [2.05, 4.69) is 30.1 Å². The molecule has 0 saturated carbocycles. The average Bonchev–Trinajstić information content (AvgIpc) is 2.67. The van der Waals surface area contributed by atoms with Crippen LogP contribution in [0.5, 0.6) is 0 Å². The predicted octanol–water partition coefficient (Wildman–Crippen LogP) is 3.76. The first-order valence-electron chi connectivity index (χ1n) is 9.55. The van der Waals surface area contributed by atoms with E-state index in [-0.39, 0.29) is 18.0 Å². The summed E-state index contributed by atoms with van der Waals surface area (Å²) in [7, 11) is 0. The van der Waals surface area contributed by atoms with Crippen molar-refractivity contribution in [2.24, 2.45) is 0 Å². The summed E-state index contributed by atoms with van der Waals surface area (Å²) in [6, 6.07) is 11.8. The molecule has 2 aromatic carbocycles. The van der Waals surface area contributed by atoms with Crippen molar-refractivity contribution in [1.29, 1.82) is 0 Å². The fourth-order valence-electron chi connectivity index (χ4n) is 3.20. The van der Waals surface area contributed by atoms with E-state index in [1.165, 1.54) is 25.1 Å². The molecular weight excluding hydrogens is 357 g/mol. The second-order valence-corrected chi connectivity index (χ2v) is 6.55. The van der Waals surface area contributed by atoms with Crippen molar-refractivity contribution in [2.45, 2.75) is 27.7 Å². The van der Waals surface area contributed by atoms with E-state index >= 15 is 0 Å². The van der Waals surface area contributed by atoms with Gasteiger partial charge in [0.25, 0.3) is 5.91 Å². The Balaban J connectivity index is 2.08. The summed E-state index contributed by atoms with van der Waals surface area (Å²) in [5.41, 5.74) is 2.91. The van der Waals surface area contributed by atoms with E-state index in [4.69, 9.17) is 0 Å². The molecule has 150 valence electrons. The van der Waals surface area contributed by atoms with Gasteiger partial charge in [-0.05, 0) is 56.7 Å². The number of halogens is 1. The standard InChI is InChI=1S/C22H28FN3O2/c1-5-25(6-2)18-11-12-21(16(3)15-18)26(17(4)27)14-13-24-22(28)19-9-7-8-10-20(19)23/h7-12,15H,5-6,13-14H2,1-4H3,(H,24,28). The van der Waals surface area contributed by atoms with Crippen LogP contribution < -0.4 is 15.1 Å². The summed E-state index contributed by atoms with van der Waals surface area (Å²) in [4.78, 5) is 28.2. The molecule has 0 aliphatic rings. The Morgan fingerprint density at radius 1 is 1.07 bits per heavy atom. The van der Waals surface area contributed by atoms with E-state index in [1.807, 2.05) is 19.1 Å². The SMILES string of the molecule is CCN(CC)c1ccc(N(CCNC(=O)c2ccccc2F)C(C)=O)c(C)c1. The monoisotopic (exact) mass is 385 g/mol. The lowest BCUT2D eigenvalue weighted by atomic mass is 10.1. The largest absolute Gasteiger partial charge is 0.372 e. The molecule has 28 heavy (non-hydrogen) atoms. The predicted molar refractivity (Wildman–Crippen MR) is 112 cm³/mol. The van der Waals surface area contributed by atoms with Crippen LogP contribution in [0.15, 0.2) is 42.5 Å². The minimum Gasteiger partial charge on any atom is -0.372 e. The molecule has 0 saturated heterocycles. The zero-order chi connectivity index (χ0) is 20.7. The first kappa shape index (κ1) is 21.4. The van der Waals surface area contributed by atoms with E-state index < -0.39 is 11.7 Å². The molecule has 0 heterocycles. The summed E-state index contributed by atoms with van der Waals surface area (Å²) < 4.78 is 13.7. The Kier molecular flexibility index (Phi) is 7.55. The molecule has 0 spiro atoms. The summed E-state index contributed by atoms with van der Waals surface area (Å²) in [6.45, 7) is 10.0. The van der Waals surface area contributed by atoms with Crippen molar-refractivity contribution in [3.63, 3.8) is 0 Å². The third kappa shape index (κ3) is 5.09. The maximum atomic E-state index is 13.7. The fourth-order valence-corrected chi connectivity index (χ4v) is 3.20. The van der Waals surface area contributed by atoms with Gasteiger partial charge < -0.3 is 15.1 Å². The molecule has 0 radical (unpaired) electrons. The van der Waals surface area contributed by atoms with Gasteiger partial charge in [-0.15, -0.1) is 0 Å². The van der Waals surface area contributed by atoms with Crippen LogP contribution in [0, 0.1) is 12.7 Å². The second kappa shape index (κ2) is 9.88. The van der Waals surface area contributed by atoms with Crippen molar-refractivity contribution >= 4 is 23.2 Å². The van der Waals surface area contributed by atoms with Gasteiger partial charge in [-0.25, -0.2) is 4.39 Å². The third-order valence-corrected chi connectivity index (χ3v) is 4.72. The van der Waals surface area contributed by atoms with Crippen LogP contribution in [0.4, 0.5) is 15.8 Å². The number of nitrogens with zero attached hydrogens (tertiary/aromatic N) is 2. The zero-order valence-electron chi connectivity index (χ0n) is 17.0. The Morgan fingerprint density at radius 2 is 1.75 bits per heavy atom. The molecule has 0 aliphatic carbocycles. The summed E-state index contributed by atoms with van der Waals surface area (Å²) in [6.07, 6.45) is 0. The minimum absolute atomic E-state index is 0.00312. The van der Waals surface area contributed by atoms with Gasteiger partial charge in [0.15, 0.2) is 0 Å². The Bertz CT molecular complexity index is 834. The van der Waals surface area contributed by atoms with Gasteiger partial charge in [0.1, 0.15) is 5.82 Å². The van der Waals surface area contributed by atoms with Gasteiger partial charge in [-0.3, -0.25) is 9.59 Å². The Labute approximate surface area is 166 Å². The Morgan fingerprint density at radius 3 is 2.32 bits per heavy atom. The number of hydrogen-bond acceptors (Lipinski definition) is 3. The molecule has 6 heteroatoms. The van der Waals surface area contributed by atoms with Crippen LogP contribution in [0.25, 0.3) is 0 Å². The maximum absolute atomic E-state index is 13.7. The van der Waals surface area contributed by atoms with Crippen LogP contribution in [0.2, 0.25) is 0 Å². The highest BCUT2D eigenvalue weighted by Gasteiger charge is 2.16. The van der Waals surface area contributed by atoms with Crippen molar-refractivity contribution < 1.29 is 14.0 Å². The number of carbonyl (C=O) groups excluding carboxylic acids is 2. The highest BCUT2D eigenvalue weighted by atomic mass is 19.1. The van der Waals surface area contributed by atoms with E-state index in [0.717, 1.165) is 30.0 Å². The summed E-state index contributed by atoms with van der Waals surface area (Å²) >= 11 is 0. The van der Waals surface area contributed by atoms with Crippen LogP contribution >= 0.6 is 0 Å². The highest BCUT2D eigenvalue weighted by Crippen LogP contribution is 2.26. The van der Waals surface area contributed by atoms with Gasteiger partial charge >= 0.3 is 0 Å². The van der Waals surface area contributed by atoms with Gasteiger partial charge in [0, 0.05) is 44.5 Å². The van der Waals surface area contributed by atoms with Crippen LogP contribution in [0.3, 0.4) is 0 Å². The molecule has 2 rings (SSSR count). The van der Waals surface area contributed by atoms with Gasteiger partial charge in [0.2, 0.25) is 5.91 Å². The molecule has 1 N–H and O–H groups in total. The first-order valence-corrected chi connectivity index (χ1v) is 9.55. The molecule has 0 aliphatic heterocycles. The molecule has 0 fully saturated rings. The van der Waals surface area contributed by atoms with E-state index in [0.29, 0.717) is 6.54 Å². The lowest BCUT2D eigenvalue weighted by Gasteiger charge is -2.26. The number of aryl methyl sites for hydroxylation is 1. The summed E-state index contributed by atoms with van der Waals surface area (Å²) in [5, 5.41) is 2.68. The smallest absolute Gasteiger partial charge is 0.254 e. The molecule has 5 nitrogen and oxygen atoms in total. The quantitative estimate of drug-likeness (QED) is 0.753. The van der Waals surface area contributed by atoms with Crippen LogP contribution in [-0.2, 0) is 4.79 Å². The zero-order valence-corrected chi connectivity index (χ0v) is 17.0. The number of benzene rings is 2. The highest BCUT2D eigenvalue weighted by molar-refractivity contribution is 5.95. The van der Waals surface area contributed by atoms with Gasteiger partial charge in [0.05, 0.1) is 5.56 Å². The first-order chi connectivity index (χ1) is 13.4. The molecule has 2 amide bonds. The molecule has 0 unspecified atom stereocenters. The number of carbonyl (C=O) groups is 2. The Hall–Kier alpha value is -2.89. The van der Waals surface area contributed by atoms with Crippen molar-refractivity contribution in [3.8, 4) is 0 Å². The van der Waals surface area contributed by atoms with Crippen LogP contribution in [0.1, 0.15) is 36.7 Å². The molecular formula is C22H28FN3O2. The van der Waals surface area contributed by atoms with Crippen molar-refractivity contribution in [2.75, 3.05) is 36.0 Å². The molecule has 0 atom stereocenters. The van der Waals surface area contributed by atoms with E-state index in [9.17, 15) is 14.0 Å². The number of anilines is 2. The lowest BCUT2D eigenvalue weighted by molar-refractivity contribution is -0.116. The number of nitrogens with one attached hydrogen (secondary N) is 1. The van der Waals surface area contributed by atoms with Gasteiger partial charge in [-0.1, -0.05) is 12.1 Å². The third-order valence-electron chi connectivity index (χ3n) is 4.72. The number of amides is 2. The maximum Gasteiger partial charge on any atom is 0.254 e.